The lowest BCUT2D eigenvalue weighted by Crippen LogP contribution is -2.47. The lowest BCUT2D eigenvalue weighted by atomic mass is 10.1. The van der Waals surface area contributed by atoms with Crippen molar-refractivity contribution in [2.24, 2.45) is 0 Å². The normalized spacial score (nSPS) is 20.7. The smallest absolute Gasteiger partial charge is 0.227 e. The van der Waals surface area contributed by atoms with Gasteiger partial charge in [-0.2, -0.15) is 0 Å². The first-order valence-corrected chi connectivity index (χ1v) is 6.64. The van der Waals surface area contributed by atoms with Crippen LogP contribution in [-0.4, -0.2) is 37.0 Å². The predicted octanol–water partition coefficient (Wildman–Crippen LogP) is 1.50. The minimum absolute atomic E-state index is 0.233. The van der Waals surface area contributed by atoms with Gasteiger partial charge in [0.2, 0.25) is 5.91 Å². The minimum Gasteiger partial charge on any atom is -0.341 e. The number of amides is 1. The molecule has 1 aliphatic heterocycles. The zero-order valence-electron chi connectivity index (χ0n) is 9.61. The summed E-state index contributed by atoms with van der Waals surface area (Å²) >= 11 is 1.65. The molecule has 1 fully saturated rings. The molecule has 16 heavy (non-hydrogen) atoms. The summed E-state index contributed by atoms with van der Waals surface area (Å²) in [5.41, 5.74) is 0. The summed E-state index contributed by atoms with van der Waals surface area (Å²) in [6.45, 7) is 2.02. The highest BCUT2D eigenvalue weighted by atomic mass is 32.1. The third-order valence-corrected chi connectivity index (χ3v) is 3.99. The van der Waals surface area contributed by atoms with Gasteiger partial charge in [0.1, 0.15) is 0 Å². The SMILES string of the molecule is CN(C(=O)Cc1cccs1)C1CCCNC1. The van der Waals surface area contributed by atoms with Crippen molar-refractivity contribution in [3.63, 3.8) is 0 Å². The van der Waals surface area contributed by atoms with Crippen LogP contribution in [0.3, 0.4) is 0 Å². The third-order valence-electron chi connectivity index (χ3n) is 3.12. The Labute approximate surface area is 100 Å². The van der Waals surface area contributed by atoms with Crippen LogP contribution in [0.2, 0.25) is 0 Å². The van der Waals surface area contributed by atoms with E-state index in [-0.39, 0.29) is 5.91 Å². The second-order valence-electron chi connectivity index (χ2n) is 4.26. The Kier molecular flexibility index (Phi) is 3.96. The maximum Gasteiger partial charge on any atom is 0.227 e. The highest BCUT2D eigenvalue weighted by Gasteiger charge is 2.21. The topological polar surface area (TPSA) is 32.3 Å². The maximum absolute atomic E-state index is 12.0. The first-order valence-electron chi connectivity index (χ1n) is 5.76. The Morgan fingerprint density at radius 2 is 2.56 bits per heavy atom. The van der Waals surface area contributed by atoms with E-state index in [4.69, 9.17) is 0 Å². The van der Waals surface area contributed by atoms with E-state index in [1.54, 1.807) is 11.3 Å². The van der Waals surface area contributed by atoms with Crippen molar-refractivity contribution in [2.45, 2.75) is 25.3 Å². The number of hydrogen-bond donors (Lipinski definition) is 1. The third kappa shape index (κ3) is 2.83. The quantitative estimate of drug-likeness (QED) is 0.865. The zero-order chi connectivity index (χ0) is 11.4. The summed E-state index contributed by atoms with van der Waals surface area (Å²) in [6.07, 6.45) is 2.84. The molecule has 1 aliphatic rings. The molecule has 2 rings (SSSR count). The van der Waals surface area contributed by atoms with Crippen LogP contribution in [0.25, 0.3) is 0 Å². The van der Waals surface area contributed by atoms with Gasteiger partial charge < -0.3 is 10.2 Å². The molecular formula is C12H18N2OS. The molecule has 1 aromatic rings. The minimum atomic E-state index is 0.233. The van der Waals surface area contributed by atoms with Crippen LogP contribution in [0, 0.1) is 0 Å². The van der Waals surface area contributed by atoms with Crippen molar-refractivity contribution in [3.05, 3.63) is 22.4 Å². The van der Waals surface area contributed by atoms with E-state index in [2.05, 4.69) is 5.32 Å². The first kappa shape index (κ1) is 11.6. The van der Waals surface area contributed by atoms with E-state index in [1.165, 1.54) is 6.42 Å². The average molecular weight is 238 g/mol. The molecule has 1 amide bonds. The van der Waals surface area contributed by atoms with Gasteiger partial charge in [0.05, 0.1) is 6.42 Å². The van der Waals surface area contributed by atoms with Crippen LogP contribution in [0.15, 0.2) is 17.5 Å². The summed E-state index contributed by atoms with van der Waals surface area (Å²) in [6, 6.07) is 4.39. The number of likely N-dealkylation sites (N-methyl/N-ethyl adjacent to an activating group) is 1. The zero-order valence-corrected chi connectivity index (χ0v) is 10.4. The molecule has 4 heteroatoms. The molecule has 88 valence electrons. The molecule has 2 heterocycles. The molecular weight excluding hydrogens is 220 g/mol. The van der Waals surface area contributed by atoms with E-state index in [0.717, 1.165) is 24.4 Å². The standard InChI is InChI=1S/C12H18N2OS/c1-14(10-4-2-6-13-9-10)12(15)8-11-5-3-7-16-11/h3,5,7,10,13H,2,4,6,8-9H2,1H3. The number of piperidine rings is 1. The molecule has 1 aromatic heterocycles. The molecule has 0 radical (unpaired) electrons. The van der Waals surface area contributed by atoms with Gasteiger partial charge >= 0.3 is 0 Å². The average Bonchev–Trinajstić information content (AvgIpc) is 2.82. The van der Waals surface area contributed by atoms with Gasteiger partial charge in [0, 0.05) is 24.5 Å². The highest BCUT2D eigenvalue weighted by molar-refractivity contribution is 7.10. The van der Waals surface area contributed by atoms with E-state index in [0.29, 0.717) is 12.5 Å². The lowest BCUT2D eigenvalue weighted by Gasteiger charge is -2.31. The van der Waals surface area contributed by atoms with Gasteiger partial charge in [-0.05, 0) is 30.8 Å². The Bertz CT molecular complexity index is 331. The van der Waals surface area contributed by atoms with Crippen molar-refractivity contribution in [3.8, 4) is 0 Å². The van der Waals surface area contributed by atoms with Crippen molar-refractivity contribution in [1.82, 2.24) is 10.2 Å². The fourth-order valence-electron chi connectivity index (χ4n) is 2.05. The van der Waals surface area contributed by atoms with Crippen LogP contribution in [0.5, 0.6) is 0 Å². The number of thiophene rings is 1. The molecule has 0 spiro atoms. The predicted molar refractivity (Wildman–Crippen MR) is 66.7 cm³/mol. The van der Waals surface area contributed by atoms with Crippen molar-refractivity contribution in [1.29, 1.82) is 0 Å². The summed E-state index contributed by atoms with van der Waals surface area (Å²) in [5, 5.41) is 5.36. The summed E-state index contributed by atoms with van der Waals surface area (Å²) < 4.78 is 0. The van der Waals surface area contributed by atoms with Gasteiger partial charge in [0.15, 0.2) is 0 Å². The summed E-state index contributed by atoms with van der Waals surface area (Å²) in [4.78, 5) is 15.1. The number of rotatable bonds is 3. The molecule has 1 N–H and O–H groups in total. The largest absolute Gasteiger partial charge is 0.341 e. The van der Waals surface area contributed by atoms with Crippen molar-refractivity contribution >= 4 is 17.2 Å². The molecule has 1 saturated heterocycles. The fourth-order valence-corrected chi connectivity index (χ4v) is 2.75. The monoisotopic (exact) mass is 238 g/mol. The van der Waals surface area contributed by atoms with Gasteiger partial charge in [0.25, 0.3) is 0 Å². The van der Waals surface area contributed by atoms with Crippen molar-refractivity contribution < 1.29 is 4.79 Å². The van der Waals surface area contributed by atoms with Crippen LogP contribution in [-0.2, 0) is 11.2 Å². The van der Waals surface area contributed by atoms with Crippen LogP contribution >= 0.6 is 11.3 Å². The molecule has 1 atom stereocenters. The number of nitrogens with zero attached hydrogens (tertiary/aromatic N) is 1. The van der Waals surface area contributed by atoms with E-state index >= 15 is 0 Å². The van der Waals surface area contributed by atoms with Crippen molar-refractivity contribution in [2.75, 3.05) is 20.1 Å². The Morgan fingerprint density at radius 1 is 1.69 bits per heavy atom. The number of nitrogens with one attached hydrogen (secondary N) is 1. The number of hydrogen-bond acceptors (Lipinski definition) is 3. The maximum atomic E-state index is 12.0. The van der Waals surface area contributed by atoms with E-state index in [1.807, 2.05) is 29.5 Å². The van der Waals surface area contributed by atoms with Crippen LogP contribution in [0.1, 0.15) is 17.7 Å². The molecule has 0 aliphatic carbocycles. The summed E-state index contributed by atoms with van der Waals surface area (Å²) in [5.74, 6) is 0.233. The fraction of sp³-hybridized carbons (Fsp3) is 0.583. The molecule has 0 bridgehead atoms. The number of carbonyl (C=O) groups is 1. The Morgan fingerprint density at radius 3 is 3.19 bits per heavy atom. The summed E-state index contributed by atoms with van der Waals surface area (Å²) in [7, 11) is 1.92. The van der Waals surface area contributed by atoms with Gasteiger partial charge in [-0.1, -0.05) is 6.07 Å². The first-order chi connectivity index (χ1) is 7.77. The molecule has 0 aromatic carbocycles. The second-order valence-corrected chi connectivity index (χ2v) is 5.29. The molecule has 0 saturated carbocycles. The Hall–Kier alpha value is -0.870. The van der Waals surface area contributed by atoms with Crippen LogP contribution in [0.4, 0.5) is 0 Å². The number of carbonyl (C=O) groups excluding carboxylic acids is 1. The van der Waals surface area contributed by atoms with E-state index in [9.17, 15) is 4.79 Å². The van der Waals surface area contributed by atoms with Crippen LogP contribution < -0.4 is 5.32 Å². The van der Waals surface area contributed by atoms with Gasteiger partial charge in [-0.3, -0.25) is 4.79 Å². The van der Waals surface area contributed by atoms with Gasteiger partial charge in [-0.15, -0.1) is 11.3 Å². The molecule has 1 unspecified atom stereocenters. The van der Waals surface area contributed by atoms with E-state index < -0.39 is 0 Å². The Balaban J connectivity index is 1.88. The lowest BCUT2D eigenvalue weighted by molar-refractivity contribution is -0.131. The molecule has 3 nitrogen and oxygen atoms in total. The van der Waals surface area contributed by atoms with Gasteiger partial charge in [-0.25, -0.2) is 0 Å². The highest BCUT2D eigenvalue weighted by Crippen LogP contribution is 2.13. The second kappa shape index (κ2) is 5.46.